The lowest BCUT2D eigenvalue weighted by Gasteiger charge is -2.06. The highest BCUT2D eigenvalue weighted by atomic mass is 16.1. The summed E-state index contributed by atoms with van der Waals surface area (Å²) in [4.78, 5) is 22.8. The normalized spacial score (nSPS) is 10.5. The van der Waals surface area contributed by atoms with Crippen molar-refractivity contribution < 1.29 is 0 Å². The van der Waals surface area contributed by atoms with Gasteiger partial charge in [-0.15, -0.1) is 0 Å². The highest BCUT2D eigenvalue weighted by Crippen LogP contribution is 2.08. The van der Waals surface area contributed by atoms with Gasteiger partial charge in [0.1, 0.15) is 11.6 Å². The van der Waals surface area contributed by atoms with Crippen molar-refractivity contribution in [2.24, 2.45) is 0 Å². The van der Waals surface area contributed by atoms with E-state index in [-0.39, 0.29) is 5.56 Å². The van der Waals surface area contributed by atoms with Crippen molar-refractivity contribution >= 4 is 5.82 Å². The van der Waals surface area contributed by atoms with Gasteiger partial charge in [-0.1, -0.05) is 13.3 Å². The van der Waals surface area contributed by atoms with E-state index in [1.54, 1.807) is 12.4 Å². The lowest BCUT2D eigenvalue weighted by Crippen LogP contribution is -2.19. The van der Waals surface area contributed by atoms with Crippen molar-refractivity contribution in [1.82, 2.24) is 15.0 Å². The summed E-state index contributed by atoms with van der Waals surface area (Å²) in [6.45, 7) is 2.00. The van der Waals surface area contributed by atoms with E-state index in [0.717, 1.165) is 12.0 Å². The monoisotopic (exact) mass is 244 g/mol. The third-order valence-electron chi connectivity index (χ3n) is 2.72. The number of pyridine rings is 1. The predicted octanol–water partition coefficient (Wildman–Crippen LogP) is 1.29. The van der Waals surface area contributed by atoms with Crippen LogP contribution >= 0.6 is 0 Å². The van der Waals surface area contributed by atoms with Crippen molar-refractivity contribution in [3.8, 4) is 0 Å². The molecule has 94 valence electrons. The third kappa shape index (κ3) is 2.74. The van der Waals surface area contributed by atoms with Gasteiger partial charge in [0, 0.05) is 18.8 Å². The molecule has 0 spiro atoms. The Morgan fingerprint density at radius 2 is 2.06 bits per heavy atom. The number of aromatic amines is 1. The van der Waals surface area contributed by atoms with Gasteiger partial charge < -0.3 is 10.7 Å². The van der Waals surface area contributed by atoms with E-state index < -0.39 is 0 Å². The average molecular weight is 244 g/mol. The molecular formula is C13H16N4O. The quantitative estimate of drug-likeness (QED) is 0.848. The first kappa shape index (κ1) is 12.3. The molecule has 5 nitrogen and oxygen atoms in total. The molecule has 2 heterocycles. The molecule has 2 rings (SSSR count). The van der Waals surface area contributed by atoms with E-state index >= 15 is 0 Å². The molecule has 0 aliphatic carbocycles. The second-order valence-electron chi connectivity index (χ2n) is 4.16. The summed E-state index contributed by atoms with van der Waals surface area (Å²) < 4.78 is 0. The largest absolute Gasteiger partial charge is 0.383 e. The first-order valence-electron chi connectivity index (χ1n) is 5.97. The van der Waals surface area contributed by atoms with Crippen LogP contribution in [0.4, 0.5) is 5.82 Å². The van der Waals surface area contributed by atoms with Crippen LogP contribution < -0.4 is 11.3 Å². The first-order chi connectivity index (χ1) is 8.70. The van der Waals surface area contributed by atoms with Gasteiger partial charge in [0.05, 0.1) is 5.56 Å². The zero-order valence-corrected chi connectivity index (χ0v) is 10.3. The van der Waals surface area contributed by atoms with E-state index in [9.17, 15) is 4.79 Å². The Morgan fingerprint density at radius 1 is 1.33 bits per heavy atom. The van der Waals surface area contributed by atoms with Crippen LogP contribution in [0.2, 0.25) is 0 Å². The van der Waals surface area contributed by atoms with E-state index in [0.29, 0.717) is 30.0 Å². The van der Waals surface area contributed by atoms with Gasteiger partial charge in [-0.3, -0.25) is 9.78 Å². The minimum absolute atomic E-state index is 0.131. The Labute approximate surface area is 105 Å². The molecule has 0 bridgehead atoms. The molecule has 0 radical (unpaired) electrons. The van der Waals surface area contributed by atoms with Gasteiger partial charge in [0.2, 0.25) is 0 Å². The van der Waals surface area contributed by atoms with E-state index in [4.69, 9.17) is 5.73 Å². The highest BCUT2D eigenvalue weighted by Gasteiger charge is 2.08. The number of nitrogens with zero attached hydrogens (tertiary/aromatic N) is 2. The molecule has 5 heteroatoms. The summed E-state index contributed by atoms with van der Waals surface area (Å²) in [6.07, 6.45) is 5.50. The van der Waals surface area contributed by atoms with Gasteiger partial charge in [-0.05, 0) is 24.1 Å². The van der Waals surface area contributed by atoms with Gasteiger partial charge >= 0.3 is 0 Å². The van der Waals surface area contributed by atoms with Crippen LogP contribution in [-0.4, -0.2) is 15.0 Å². The van der Waals surface area contributed by atoms with Gasteiger partial charge in [0.25, 0.3) is 5.56 Å². The van der Waals surface area contributed by atoms with Crippen LogP contribution in [0.5, 0.6) is 0 Å². The third-order valence-corrected chi connectivity index (χ3v) is 2.72. The summed E-state index contributed by atoms with van der Waals surface area (Å²) >= 11 is 0. The van der Waals surface area contributed by atoms with Crippen LogP contribution in [0.25, 0.3) is 0 Å². The fourth-order valence-corrected chi connectivity index (χ4v) is 1.83. The number of nitrogens with two attached hydrogens (primary N) is 1. The standard InChI is InChI=1S/C13H16N4O/c1-2-3-10-12(14)16-11(17-13(10)18)8-9-4-6-15-7-5-9/h4-7H,2-3,8H2,1H3,(H3,14,16,17,18). The molecule has 0 unspecified atom stereocenters. The number of nitrogen functional groups attached to an aromatic ring is 1. The number of hydrogen-bond acceptors (Lipinski definition) is 4. The molecule has 0 aromatic carbocycles. The Morgan fingerprint density at radius 3 is 2.67 bits per heavy atom. The van der Waals surface area contributed by atoms with Crippen LogP contribution in [0.1, 0.15) is 30.3 Å². The predicted molar refractivity (Wildman–Crippen MR) is 70.3 cm³/mol. The molecule has 0 aliphatic rings. The summed E-state index contributed by atoms with van der Waals surface area (Å²) in [5.74, 6) is 0.924. The van der Waals surface area contributed by atoms with Crippen molar-refractivity contribution in [2.75, 3.05) is 5.73 Å². The topological polar surface area (TPSA) is 84.7 Å². The van der Waals surface area contributed by atoms with E-state index in [2.05, 4.69) is 15.0 Å². The molecule has 0 amide bonds. The Bertz CT molecular complexity index is 577. The SMILES string of the molecule is CCCc1c(N)nc(Cc2ccncc2)[nH]c1=O. The molecular weight excluding hydrogens is 228 g/mol. The van der Waals surface area contributed by atoms with Crippen LogP contribution in [0, 0.1) is 0 Å². The van der Waals surface area contributed by atoms with Crippen molar-refractivity contribution in [2.45, 2.75) is 26.2 Å². The van der Waals surface area contributed by atoms with Crippen molar-refractivity contribution in [3.63, 3.8) is 0 Å². The summed E-state index contributed by atoms with van der Waals surface area (Å²) in [7, 11) is 0. The maximum Gasteiger partial charge on any atom is 0.256 e. The molecule has 18 heavy (non-hydrogen) atoms. The molecule has 2 aromatic rings. The number of anilines is 1. The smallest absolute Gasteiger partial charge is 0.256 e. The van der Waals surface area contributed by atoms with E-state index in [1.165, 1.54) is 0 Å². The second-order valence-corrected chi connectivity index (χ2v) is 4.16. The van der Waals surface area contributed by atoms with Crippen LogP contribution in [-0.2, 0) is 12.8 Å². The Balaban J connectivity index is 2.28. The van der Waals surface area contributed by atoms with Gasteiger partial charge in [-0.25, -0.2) is 4.98 Å². The van der Waals surface area contributed by atoms with Crippen molar-refractivity contribution in [1.29, 1.82) is 0 Å². The highest BCUT2D eigenvalue weighted by molar-refractivity contribution is 5.38. The molecule has 0 fully saturated rings. The summed E-state index contributed by atoms with van der Waals surface area (Å²) in [5.41, 5.74) is 7.30. The molecule has 2 aromatic heterocycles. The molecule has 0 saturated heterocycles. The Kier molecular flexibility index (Phi) is 3.72. The number of aromatic nitrogens is 3. The second kappa shape index (κ2) is 5.44. The molecule has 0 saturated carbocycles. The number of rotatable bonds is 4. The first-order valence-corrected chi connectivity index (χ1v) is 5.97. The maximum atomic E-state index is 11.9. The van der Waals surface area contributed by atoms with Crippen molar-refractivity contribution in [3.05, 3.63) is 51.8 Å². The van der Waals surface area contributed by atoms with E-state index in [1.807, 2.05) is 19.1 Å². The zero-order chi connectivity index (χ0) is 13.0. The van der Waals surface area contributed by atoms with Gasteiger partial charge in [-0.2, -0.15) is 0 Å². The summed E-state index contributed by atoms with van der Waals surface area (Å²) in [5, 5.41) is 0. The number of nitrogens with one attached hydrogen (secondary N) is 1. The Hall–Kier alpha value is -2.17. The fourth-order valence-electron chi connectivity index (χ4n) is 1.83. The average Bonchev–Trinajstić information content (AvgIpc) is 2.35. The molecule has 0 atom stereocenters. The van der Waals surface area contributed by atoms with Crippen LogP contribution in [0.3, 0.4) is 0 Å². The fraction of sp³-hybridized carbons (Fsp3) is 0.308. The summed E-state index contributed by atoms with van der Waals surface area (Å²) in [6, 6.07) is 3.77. The lowest BCUT2D eigenvalue weighted by molar-refractivity contribution is 0.862. The number of H-pyrrole nitrogens is 1. The van der Waals surface area contributed by atoms with Gasteiger partial charge in [0.15, 0.2) is 0 Å². The number of hydrogen-bond donors (Lipinski definition) is 2. The molecule has 0 aliphatic heterocycles. The zero-order valence-electron chi connectivity index (χ0n) is 10.3. The lowest BCUT2D eigenvalue weighted by atomic mass is 10.1. The van der Waals surface area contributed by atoms with Crippen LogP contribution in [0.15, 0.2) is 29.3 Å². The molecule has 3 N–H and O–H groups in total. The minimum atomic E-state index is -0.131. The maximum absolute atomic E-state index is 11.9. The minimum Gasteiger partial charge on any atom is -0.383 e.